The summed E-state index contributed by atoms with van der Waals surface area (Å²) >= 11 is 0. The zero-order chi connectivity index (χ0) is 17.8. The standard InChI is InChI=1S/C21H17NO4/c23-21(17-1-6-20-16(13-17)9-12-24-20)26-19-4-2-18(3-5-19)25-14-15-7-10-22-11-8-15/h1-8,10-11,13H,9,12,14H2. The van der Waals surface area contributed by atoms with Gasteiger partial charge in [-0.2, -0.15) is 0 Å². The molecule has 2 aromatic carbocycles. The molecule has 3 aromatic rings. The van der Waals surface area contributed by atoms with E-state index in [-0.39, 0.29) is 5.97 Å². The number of hydrogen-bond acceptors (Lipinski definition) is 5. The van der Waals surface area contributed by atoms with Crippen molar-refractivity contribution in [3.05, 3.63) is 83.7 Å². The molecule has 2 heterocycles. The third kappa shape index (κ3) is 3.67. The van der Waals surface area contributed by atoms with Gasteiger partial charge in [0.1, 0.15) is 23.9 Å². The predicted molar refractivity (Wildman–Crippen MR) is 95.6 cm³/mol. The smallest absolute Gasteiger partial charge is 0.343 e. The average molecular weight is 347 g/mol. The van der Waals surface area contributed by atoms with Crippen LogP contribution in [-0.2, 0) is 13.0 Å². The summed E-state index contributed by atoms with van der Waals surface area (Å²) < 4.78 is 16.6. The lowest BCUT2D eigenvalue weighted by atomic mass is 10.1. The Morgan fingerprint density at radius 3 is 2.58 bits per heavy atom. The summed E-state index contributed by atoms with van der Waals surface area (Å²) in [6.07, 6.45) is 4.28. The van der Waals surface area contributed by atoms with Crippen molar-refractivity contribution in [2.75, 3.05) is 6.61 Å². The van der Waals surface area contributed by atoms with Crippen LogP contribution in [0, 0.1) is 0 Å². The lowest BCUT2D eigenvalue weighted by molar-refractivity contribution is 0.0734. The van der Waals surface area contributed by atoms with Crippen molar-refractivity contribution in [1.29, 1.82) is 0 Å². The van der Waals surface area contributed by atoms with Gasteiger partial charge in [0.2, 0.25) is 0 Å². The van der Waals surface area contributed by atoms with Crippen LogP contribution in [0.3, 0.4) is 0 Å². The van der Waals surface area contributed by atoms with Crippen LogP contribution in [-0.4, -0.2) is 17.6 Å². The monoisotopic (exact) mass is 347 g/mol. The van der Waals surface area contributed by atoms with Crippen LogP contribution >= 0.6 is 0 Å². The number of aromatic nitrogens is 1. The second-order valence-corrected chi connectivity index (χ2v) is 5.93. The fourth-order valence-corrected chi connectivity index (χ4v) is 2.73. The minimum absolute atomic E-state index is 0.384. The van der Waals surface area contributed by atoms with Crippen molar-refractivity contribution in [1.82, 2.24) is 4.98 Å². The van der Waals surface area contributed by atoms with Crippen LogP contribution in [0.25, 0.3) is 0 Å². The van der Waals surface area contributed by atoms with Crippen molar-refractivity contribution in [3.8, 4) is 17.2 Å². The van der Waals surface area contributed by atoms with Crippen molar-refractivity contribution in [2.24, 2.45) is 0 Å². The normalized spacial score (nSPS) is 12.2. The first-order chi connectivity index (χ1) is 12.8. The number of fused-ring (bicyclic) bond motifs is 1. The van der Waals surface area contributed by atoms with Gasteiger partial charge in [-0.15, -0.1) is 0 Å². The Kier molecular flexibility index (Phi) is 4.51. The number of ether oxygens (including phenoxy) is 3. The number of rotatable bonds is 5. The highest BCUT2D eigenvalue weighted by Crippen LogP contribution is 2.26. The predicted octanol–water partition coefficient (Wildman–Crippen LogP) is 3.81. The zero-order valence-electron chi connectivity index (χ0n) is 14.1. The number of nitrogens with zero attached hydrogens (tertiary/aromatic N) is 1. The van der Waals surface area contributed by atoms with Gasteiger partial charge in [-0.1, -0.05) is 0 Å². The second kappa shape index (κ2) is 7.27. The van der Waals surface area contributed by atoms with Gasteiger partial charge in [0.25, 0.3) is 0 Å². The number of esters is 1. The molecule has 1 aromatic heterocycles. The summed E-state index contributed by atoms with van der Waals surface area (Å²) in [6.45, 7) is 1.12. The summed E-state index contributed by atoms with van der Waals surface area (Å²) in [7, 11) is 0. The van der Waals surface area contributed by atoms with Crippen molar-refractivity contribution < 1.29 is 19.0 Å². The molecule has 0 aliphatic carbocycles. The first-order valence-corrected chi connectivity index (χ1v) is 8.37. The molecule has 5 nitrogen and oxygen atoms in total. The molecule has 0 saturated carbocycles. The average Bonchev–Trinajstić information content (AvgIpc) is 3.16. The van der Waals surface area contributed by atoms with Crippen LogP contribution in [0.5, 0.6) is 17.2 Å². The van der Waals surface area contributed by atoms with E-state index in [0.717, 1.165) is 23.3 Å². The van der Waals surface area contributed by atoms with Gasteiger partial charge in [-0.3, -0.25) is 4.98 Å². The van der Waals surface area contributed by atoms with Gasteiger partial charge in [0, 0.05) is 18.8 Å². The highest BCUT2D eigenvalue weighted by Gasteiger charge is 2.16. The van der Waals surface area contributed by atoms with Crippen molar-refractivity contribution in [3.63, 3.8) is 0 Å². The first kappa shape index (κ1) is 16.1. The maximum Gasteiger partial charge on any atom is 0.343 e. The van der Waals surface area contributed by atoms with Crippen LogP contribution in [0.1, 0.15) is 21.5 Å². The Bertz CT molecular complexity index is 907. The molecule has 26 heavy (non-hydrogen) atoms. The SMILES string of the molecule is O=C(Oc1ccc(OCc2ccncc2)cc1)c1ccc2c(c1)CCO2. The maximum atomic E-state index is 12.3. The molecule has 0 atom stereocenters. The molecule has 0 fully saturated rings. The van der Waals surface area contributed by atoms with Gasteiger partial charge < -0.3 is 14.2 Å². The largest absolute Gasteiger partial charge is 0.493 e. The van der Waals surface area contributed by atoms with E-state index >= 15 is 0 Å². The molecule has 5 heteroatoms. The molecule has 1 aliphatic rings. The van der Waals surface area contributed by atoms with Gasteiger partial charge in [-0.05, 0) is 65.7 Å². The molecule has 0 saturated heterocycles. The lowest BCUT2D eigenvalue weighted by Crippen LogP contribution is -2.08. The Hall–Kier alpha value is -3.34. The third-order valence-electron chi connectivity index (χ3n) is 4.11. The van der Waals surface area contributed by atoms with E-state index < -0.39 is 0 Å². The second-order valence-electron chi connectivity index (χ2n) is 5.93. The molecule has 130 valence electrons. The van der Waals surface area contributed by atoms with Gasteiger partial charge >= 0.3 is 5.97 Å². The highest BCUT2D eigenvalue weighted by molar-refractivity contribution is 5.91. The zero-order valence-corrected chi connectivity index (χ0v) is 14.1. The maximum absolute atomic E-state index is 12.3. The van der Waals surface area contributed by atoms with Crippen LogP contribution in [0.4, 0.5) is 0 Å². The van der Waals surface area contributed by atoms with E-state index in [4.69, 9.17) is 14.2 Å². The molecular weight excluding hydrogens is 330 g/mol. The van der Waals surface area contributed by atoms with Crippen LogP contribution in [0.15, 0.2) is 67.0 Å². The Balaban J connectivity index is 1.37. The topological polar surface area (TPSA) is 57.7 Å². The quantitative estimate of drug-likeness (QED) is 0.519. The summed E-state index contributed by atoms with van der Waals surface area (Å²) in [5, 5.41) is 0. The number of carbonyl (C=O) groups is 1. The van der Waals surface area contributed by atoms with Gasteiger partial charge in [-0.25, -0.2) is 4.79 Å². The molecule has 0 N–H and O–H groups in total. The van der Waals surface area contributed by atoms with E-state index in [2.05, 4.69) is 4.98 Å². The van der Waals surface area contributed by atoms with E-state index in [1.165, 1.54) is 0 Å². The first-order valence-electron chi connectivity index (χ1n) is 8.37. The van der Waals surface area contributed by atoms with E-state index in [1.807, 2.05) is 24.3 Å². The Morgan fingerprint density at radius 2 is 1.77 bits per heavy atom. The lowest BCUT2D eigenvalue weighted by Gasteiger charge is -2.08. The fourth-order valence-electron chi connectivity index (χ4n) is 2.73. The fraction of sp³-hybridized carbons (Fsp3) is 0.143. The molecule has 0 spiro atoms. The van der Waals surface area contributed by atoms with E-state index in [9.17, 15) is 4.79 Å². The summed E-state index contributed by atoms with van der Waals surface area (Å²) in [4.78, 5) is 16.3. The minimum Gasteiger partial charge on any atom is -0.493 e. The highest BCUT2D eigenvalue weighted by atomic mass is 16.5. The Morgan fingerprint density at radius 1 is 1.00 bits per heavy atom. The van der Waals surface area contributed by atoms with Gasteiger partial charge in [0.05, 0.1) is 12.2 Å². The molecule has 1 aliphatic heterocycles. The minimum atomic E-state index is -0.384. The summed E-state index contributed by atoms with van der Waals surface area (Å²) in [5.41, 5.74) is 2.60. The van der Waals surface area contributed by atoms with Crippen LogP contribution < -0.4 is 14.2 Å². The van der Waals surface area contributed by atoms with Gasteiger partial charge in [0.15, 0.2) is 0 Å². The summed E-state index contributed by atoms with van der Waals surface area (Å²) in [5.74, 6) is 1.64. The number of hydrogen-bond donors (Lipinski definition) is 0. The molecule has 4 rings (SSSR count). The third-order valence-corrected chi connectivity index (χ3v) is 4.11. The number of carbonyl (C=O) groups excluding carboxylic acids is 1. The molecular formula is C21H17NO4. The van der Waals surface area contributed by atoms with Crippen molar-refractivity contribution >= 4 is 5.97 Å². The summed E-state index contributed by atoms with van der Waals surface area (Å²) in [6, 6.07) is 16.2. The molecule has 0 radical (unpaired) electrons. The molecule has 0 unspecified atom stereocenters. The van der Waals surface area contributed by atoms with E-state index in [1.54, 1.807) is 42.7 Å². The number of benzene rings is 2. The van der Waals surface area contributed by atoms with Crippen molar-refractivity contribution in [2.45, 2.75) is 13.0 Å². The number of pyridine rings is 1. The van der Waals surface area contributed by atoms with E-state index in [0.29, 0.717) is 30.3 Å². The molecule has 0 bridgehead atoms. The van der Waals surface area contributed by atoms with Crippen LogP contribution in [0.2, 0.25) is 0 Å². The Labute approximate surface area is 151 Å². The molecule has 0 amide bonds.